The molecule has 0 aliphatic rings. The van der Waals surface area contributed by atoms with Gasteiger partial charge in [-0.1, -0.05) is 19.9 Å². The van der Waals surface area contributed by atoms with Crippen molar-refractivity contribution in [2.24, 2.45) is 5.92 Å². The van der Waals surface area contributed by atoms with Gasteiger partial charge in [-0.05, 0) is 30.0 Å². The summed E-state index contributed by atoms with van der Waals surface area (Å²) in [5.74, 6) is 1.52. The van der Waals surface area contributed by atoms with Gasteiger partial charge in [-0.2, -0.15) is 0 Å². The Kier molecular flexibility index (Phi) is 2.88. The van der Waals surface area contributed by atoms with Crippen molar-refractivity contribution < 1.29 is 0 Å². The number of aromatic amines is 1. The molecular weight excluding hydrogens is 242 g/mol. The molecule has 0 radical (unpaired) electrons. The molecule has 3 rings (SSSR count). The zero-order chi connectivity index (χ0) is 12.5. The molecule has 0 atom stereocenters. The molecule has 2 aromatic heterocycles. The molecule has 3 aromatic rings. The van der Waals surface area contributed by atoms with Crippen molar-refractivity contribution in [2.45, 2.75) is 20.3 Å². The molecule has 0 spiro atoms. The molecule has 0 saturated carbocycles. The molecule has 92 valence electrons. The van der Waals surface area contributed by atoms with Crippen molar-refractivity contribution in [1.82, 2.24) is 15.0 Å². The summed E-state index contributed by atoms with van der Waals surface area (Å²) in [4.78, 5) is 12.2. The highest BCUT2D eigenvalue weighted by Gasteiger charge is 2.07. The normalized spacial score (nSPS) is 11.5. The number of imidazole rings is 1. The van der Waals surface area contributed by atoms with Gasteiger partial charge >= 0.3 is 0 Å². The van der Waals surface area contributed by atoms with Gasteiger partial charge < -0.3 is 4.98 Å². The van der Waals surface area contributed by atoms with Gasteiger partial charge in [0.05, 0.1) is 16.5 Å². The number of H-pyrrole nitrogens is 1. The fourth-order valence-corrected chi connectivity index (χ4v) is 2.64. The van der Waals surface area contributed by atoms with Gasteiger partial charge in [0.1, 0.15) is 5.69 Å². The van der Waals surface area contributed by atoms with Crippen LogP contribution in [0.1, 0.15) is 19.4 Å². The van der Waals surface area contributed by atoms with Gasteiger partial charge in [-0.3, -0.25) is 0 Å². The molecule has 0 saturated heterocycles. The van der Waals surface area contributed by atoms with E-state index < -0.39 is 0 Å². The zero-order valence-electron chi connectivity index (χ0n) is 10.5. The minimum atomic E-state index is 0.670. The zero-order valence-corrected chi connectivity index (χ0v) is 11.3. The first-order chi connectivity index (χ1) is 8.72. The Labute approximate surface area is 110 Å². The van der Waals surface area contributed by atoms with E-state index in [0.29, 0.717) is 5.92 Å². The highest BCUT2D eigenvalue weighted by Crippen LogP contribution is 2.21. The van der Waals surface area contributed by atoms with Crippen LogP contribution in [0.15, 0.2) is 29.1 Å². The number of hydrogen-bond acceptors (Lipinski definition) is 3. The predicted molar refractivity (Wildman–Crippen MR) is 75.7 cm³/mol. The van der Waals surface area contributed by atoms with Gasteiger partial charge in [0, 0.05) is 5.38 Å². The Hall–Kier alpha value is -1.68. The van der Waals surface area contributed by atoms with Crippen molar-refractivity contribution >= 4 is 22.4 Å². The Morgan fingerprint density at radius 3 is 2.94 bits per heavy atom. The molecule has 1 N–H and O–H groups in total. The molecule has 0 bridgehead atoms. The van der Waals surface area contributed by atoms with E-state index in [1.807, 2.05) is 10.9 Å². The largest absolute Gasteiger partial charge is 0.337 e. The molecule has 0 aliphatic carbocycles. The maximum Gasteiger partial charge on any atom is 0.158 e. The Morgan fingerprint density at radius 2 is 2.22 bits per heavy atom. The molecular formula is C14H15N3S. The fourth-order valence-electron chi connectivity index (χ4n) is 2.11. The van der Waals surface area contributed by atoms with E-state index >= 15 is 0 Å². The SMILES string of the molecule is CC(C)Cc1ccc2nc(-c3cscn3)[nH]c2c1. The summed E-state index contributed by atoms with van der Waals surface area (Å²) in [7, 11) is 0. The Bertz CT molecular complexity index is 653. The quantitative estimate of drug-likeness (QED) is 0.773. The average Bonchev–Trinajstić information content (AvgIpc) is 2.95. The second-order valence-corrected chi connectivity index (χ2v) is 5.63. The van der Waals surface area contributed by atoms with Gasteiger partial charge in [-0.25, -0.2) is 9.97 Å². The first kappa shape index (κ1) is 11.4. The van der Waals surface area contributed by atoms with Gasteiger partial charge in [0.15, 0.2) is 5.82 Å². The lowest BCUT2D eigenvalue weighted by atomic mass is 10.0. The molecule has 0 unspecified atom stereocenters. The van der Waals surface area contributed by atoms with Crippen LogP contribution in [-0.2, 0) is 6.42 Å². The molecule has 2 heterocycles. The van der Waals surface area contributed by atoms with Crippen molar-refractivity contribution in [3.63, 3.8) is 0 Å². The number of nitrogens with one attached hydrogen (secondary N) is 1. The van der Waals surface area contributed by atoms with E-state index in [-0.39, 0.29) is 0 Å². The molecule has 0 fully saturated rings. The molecule has 0 aliphatic heterocycles. The van der Waals surface area contributed by atoms with E-state index in [0.717, 1.165) is 29.0 Å². The molecule has 4 heteroatoms. The van der Waals surface area contributed by atoms with Gasteiger partial charge in [0.25, 0.3) is 0 Å². The van der Waals surface area contributed by atoms with Crippen molar-refractivity contribution in [2.75, 3.05) is 0 Å². The maximum atomic E-state index is 4.56. The van der Waals surface area contributed by atoms with Crippen LogP contribution in [0.25, 0.3) is 22.6 Å². The number of hydrogen-bond donors (Lipinski definition) is 1. The average molecular weight is 257 g/mol. The summed E-state index contributed by atoms with van der Waals surface area (Å²) in [5.41, 5.74) is 6.20. The number of aromatic nitrogens is 3. The molecule has 1 aromatic carbocycles. The Balaban J connectivity index is 2.02. The Morgan fingerprint density at radius 1 is 1.33 bits per heavy atom. The third kappa shape index (κ3) is 2.16. The minimum absolute atomic E-state index is 0.670. The van der Waals surface area contributed by atoms with Crippen LogP contribution in [0.2, 0.25) is 0 Å². The molecule has 0 amide bonds. The second kappa shape index (κ2) is 4.53. The lowest BCUT2D eigenvalue weighted by molar-refractivity contribution is 0.648. The third-order valence-electron chi connectivity index (χ3n) is 2.87. The highest BCUT2D eigenvalue weighted by atomic mass is 32.1. The van der Waals surface area contributed by atoms with E-state index in [1.54, 1.807) is 11.3 Å². The van der Waals surface area contributed by atoms with Crippen molar-refractivity contribution in [3.05, 3.63) is 34.7 Å². The number of nitrogens with zero attached hydrogens (tertiary/aromatic N) is 2. The van der Waals surface area contributed by atoms with Gasteiger partial charge in [-0.15, -0.1) is 11.3 Å². The number of rotatable bonds is 3. The van der Waals surface area contributed by atoms with E-state index in [9.17, 15) is 0 Å². The van der Waals surface area contributed by atoms with Crippen molar-refractivity contribution in [1.29, 1.82) is 0 Å². The third-order valence-corrected chi connectivity index (χ3v) is 3.45. The number of fused-ring (bicyclic) bond motifs is 1. The van der Waals surface area contributed by atoms with Gasteiger partial charge in [0.2, 0.25) is 0 Å². The van der Waals surface area contributed by atoms with Crippen LogP contribution < -0.4 is 0 Å². The van der Waals surface area contributed by atoms with Crippen LogP contribution in [0.3, 0.4) is 0 Å². The second-order valence-electron chi connectivity index (χ2n) is 4.91. The topological polar surface area (TPSA) is 41.6 Å². The number of thiazole rings is 1. The van der Waals surface area contributed by atoms with E-state index in [2.05, 4.69) is 47.0 Å². The van der Waals surface area contributed by atoms with Crippen LogP contribution in [-0.4, -0.2) is 15.0 Å². The summed E-state index contributed by atoms with van der Waals surface area (Å²) < 4.78 is 0. The molecule has 18 heavy (non-hydrogen) atoms. The first-order valence-corrected chi connectivity index (χ1v) is 7.04. The van der Waals surface area contributed by atoms with Crippen LogP contribution in [0.4, 0.5) is 0 Å². The maximum absolute atomic E-state index is 4.56. The standard InChI is InChI=1S/C14H15N3S/c1-9(2)5-10-3-4-11-12(6-10)17-14(16-11)13-7-18-8-15-13/h3-4,6-9H,5H2,1-2H3,(H,16,17). The summed E-state index contributed by atoms with van der Waals surface area (Å²) in [6.07, 6.45) is 1.10. The lowest BCUT2D eigenvalue weighted by Gasteiger charge is -2.03. The van der Waals surface area contributed by atoms with Crippen LogP contribution in [0, 0.1) is 5.92 Å². The summed E-state index contributed by atoms with van der Waals surface area (Å²) in [6, 6.07) is 6.44. The monoisotopic (exact) mass is 257 g/mol. The highest BCUT2D eigenvalue weighted by molar-refractivity contribution is 7.07. The van der Waals surface area contributed by atoms with E-state index in [1.165, 1.54) is 5.56 Å². The fraction of sp³-hybridized carbons (Fsp3) is 0.286. The van der Waals surface area contributed by atoms with Crippen LogP contribution in [0.5, 0.6) is 0 Å². The first-order valence-electron chi connectivity index (χ1n) is 6.09. The summed E-state index contributed by atoms with van der Waals surface area (Å²) >= 11 is 1.58. The van der Waals surface area contributed by atoms with E-state index in [4.69, 9.17) is 0 Å². The number of benzene rings is 1. The lowest BCUT2D eigenvalue weighted by Crippen LogP contribution is -1.93. The minimum Gasteiger partial charge on any atom is -0.337 e. The predicted octanol–water partition coefficient (Wildman–Crippen LogP) is 3.88. The summed E-state index contributed by atoms with van der Waals surface area (Å²) in [6.45, 7) is 4.47. The van der Waals surface area contributed by atoms with Crippen LogP contribution >= 0.6 is 11.3 Å². The molecule has 3 nitrogen and oxygen atoms in total. The smallest absolute Gasteiger partial charge is 0.158 e. The van der Waals surface area contributed by atoms with Crippen molar-refractivity contribution in [3.8, 4) is 11.5 Å². The summed E-state index contributed by atoms with van der Waals surface area (Å²) in [5, 5.41) is 2.01.